The minimum atomic E-state index is -0.253. The van der Waals surface area contributed by atoms with Gasteiger partial charge in [-0.25, -0.2) is 0 Å². The molecule has 8 nitrogen and oxygen atoms in total. The van der Waals surface area contributed by atoms with Crippen molar-refractivity contribution in [3.63, 3.8) is 0 Å². The largest absolute Gasteiger partial charge is 0.497 e. The quantitative estimate of drug-likeness (QED) is 0.345. The molecule has 1 aliphatic heterocycles. The number of hydrogen-bond acceptors (Lipinski definition) is 5. The van der Waals surface area contributed by atoms with Gasteiger partial charge in [0, 0.05) is 76.9 Å². The van der Waals surface area contributed by atoms with E-state index < -0.39 is 0 Å². The standard InChI is InChI=1S/C33H43N5O3.C2H6/c1-22-7-10-28(38-13-11-37(12-14-38)20-24-8-9-24)19-30(22)32(39)34-23(2)25-15-26(17-29(16-25)41-6)27-18-31(36(5)21-27)33(40)35(3)4;1-2/h7,10,15-19,21,23-24H,8-9,11-14,20H2,1-6H3,(H,34,39);1-2H3. The summed E-state index contributed by atoms with van der Waals surface area (Å²) in [5.41, 5.74) is 6.14. The van der Waals surface area contributed by atoms with Gasteiger partial charge in [0.15, 0.2) is 0 Å². The third kappa shape index (κ3) is 7.79. The molecular weight excluding hydrogens is 538 g/mol. The molecule has 8 heteroatoms. The summed E-state index contributed by atoms with van der Waals surface area (Å²) in [6.45, 7) is 13.3. The van der Waals surface area contributed by atoms with Gasteiger partial charge in [-0.05, 0) is 85.7 Å². The highest BCUT2D eigenvalue weighted by molar-refractivity contribution is 5.97. The van der Waals surface area contributed by atoms with Crippen LogP contribution in [0.1, 0.15) is 71.6 Å². The van der Waals surface area contributed by atoms with E-state index in [4.69, 9.17) is 4.74 Å². The predicted molar refractivity (Wildman–Crippen MR) is 175 cm³/mol. The van der Waals surface area contributed by atoms with Crippen LogP contribution in [0.2, 0.25) is 0 Å². The zero-order valence-electron chi connectivity index (χ0n) is 27.2. The Labute approximate surface area is 257 Å². The van der Waals surface area contributed by atoms with Crippen LogP contribution in [0.25, 0.3) is 11.1 Å². The molecule has 1 N–H and O–H groups in total. The molecule has 0 bridgehead atoms. The Bertz CT molecular complexity index is 1420. The first-order valence-electron chi connectivity index (χ1n) is 15.6. The molecule has 43 heavy (non-hydrogen) atoms. The Morgan fingerprint density at radius 3 is 2.33 bits per heavy atom. The van der Waals surface area contributed by atoms with E-state index in [-0.39, 0.29) is 17.9 Å². The number of piperazine rings is 1. The van der Waals surface area contributed by atoms with E-state index in [1.54, 1.807) is 26.1 Å². The summed E-state index contributed by atoms with van der Waals surface area (Å²) in [5, 5.41) is 3.21. The van der Waals surface area contributed by atoms with Crippen molar-refractivity contribution in [2.45, 2.75) is 46.6 Å². The van der Waals surface area contributed by atoms with Gasteiger partial charge in [0.2, 0.25) is 0 Å². The van der Waals surface area contributed by atoms with E-state index >= 15 is 0 Å². The molecule has 2 amide bonds. The van der Waals surface area contributed by atoms with Crippen LogP contribution in [0.4, 0.5) is 5.69 Å². The Morgan fingerprint density at radius 2 is 1.70 bits per heavy atom. The fourth-order valence-corrected chi connectivity index (χ4v) is 5.58. The number of rotatable bonds is 9. The number of ether oxygens (including phenoxy) is 1. The Hall–Kier alpha value is -3.78. The van der Waals surface area contributed by atoms with E-state index in [9.17, 15) is 9.59 Å². The molecule has 2 aromatic carbocycles. The highest BCUT2D eigenvalue weighted by Crippen LogP contribution is 2.32. The maximum absolute atomic E-state index is 13.5. The highest BCUT2D eigenvalue weighted by atomic mass is 16.5. The van der Waals surface area contributed by atoms with Gasteiger partial charge in [-0.15, -0.1) is 0 Å². The van der Waals surface area contributed by atoms with Gasteiger partial charge in [0.05, 0.1) is 13.2 Å². The Balaban J connectivity index is 0.00000207. The highest BCUT2D eigenvalue weighted by Gasteiger charge is 2.27. The summed E-state index contributed by atoms with van der Waals surface area (Å²) in [5.74, 6) is 1.46. The molecular formula is C35H49N5O3. The van der Waals surface area contributed by atoms with Gasteiger partial charge in [-0.3, -0.25) is 14.5 Å². The molecule has 1 aliphatic carbocycles. The molecule has 2 aliphatic rings. The Kier molecular flexibility index (Phi) is 10.6. The third-order valence-corrected chi connectivity index (χ3v) is 8.39. The van der Waals surface area contributed by atoms with Gasteiger partial charge in [-0.1, -0.05) is 19.9 Å². The number of hydrogen-bond donors (Lipinski definition) is 1. The number of aromatic nitrogens is 1. The normalized spacial score (nSPS) is 15.8. The lowest BCUT2D eigenvalue weighted by atomic mass is 10.00. The Morgan fingerprint density at radius 1 is 1.00 bits per heavy atom. The molecule has 2 fully saturated rings. The topological polar surface area (TPSA) is 70.0 Å². The maximum Gasteiger partial charge on any atom is 0.269 e. The average molecular weight is 588 g/mol. The van der Waals surface area contributed by atoms with E-state index in [0.29, 0.717) is 17.0 Å². The van der Waals surface area contributed by atoms with Crippen molar-refractivity contribution >= 4 is 17.5 Å². The van der Waals surface area contributed by atoms with Crippen LogP contribution >= 0.6 is 0 Å². The van der Waals surface area contributed by atoms with Crippen LogP contribution in [0.15, 0.2) is 48.7 Å². The lowest BCUT2D eigenvalue weighted by molar-refractivity contribution is 0.0818. The van der Waals surface area contributed by atoms with Crippen LogP contribution in [0.3, 0.4) is 0 Å². The summed E-state index contributed by atoms with van der Waals surface area (Å²) in [7, 11) is 7.00. The van der Waals surface area contributed by atoms with Gasteiger partial charge < -0.3 is 24.4 Å². The van der Waals surface area contributed by atoms with Crippen molar-refractivity contribution < 1.29 is 14.3 Å². The summed E-state index contributed by atoms with van der Waals surface area (Å²) in [4.78, 5) is 32.7. The third-order valence-electron chi connectivity index (χ3n) is 8.39. The van der Waals surface area contributed by atoms with Crippen molar-refractivity contribution in [1.29, 1.82) is 0 Å². The second kappa shape index (κ2) is 14.1. The second-order valence-corrected chi connectivity index (χ2v) is 11.8. The molecule has 1 saturated heterocycles. The average Bonchev–Trinajstić information content (AvgIpc) is 3.75. The van der Waals surface area contributed by atoms with Gasteiger partial charge >= 0.3 is 0 Å². The van der Waals surface area contributed by atoms with Crippen molar-refractivity contribution in [3.8, 4) is 16.9 Å². The van der Waals surface area contributed by atoms with Crippen molar-refractivity contribution in [3.05, 3.63) is 71.0 Å². The second-order valence-electron chi connectivity index (χ2n) is 11.8. The lowest BCUT2D eigenvalue weighted by Crippen LogP contribution is -2.47. The van der Waals surface area contributed by atoms with Gasteiger partial charge in [0.1, 0.15) is 11.4 Å². The van der Waals surface area contributed by atoms with Crippen LogP contribution in [-0.2, 0) is 7.05 Å². The molecule has 1 saturated carbocycles. The molecule has 5 rings (SSSR count). The fraction of sp³-hybridized carbons (Fsp3) is 0.486. The molecule has 1 atom stereocenters. The van der Waals surface area contributed by atoms with E-state index in [0.717, 1.165) is 60.0 Å². The van der Waals surface area contributed by atoms with Gasteiger partial charge in [-0.2, -0.15) is 0 Å². The molecule has 2 heterocycles. The molecule has 1 unspecified atom stereocenters. The zero-order chi connectivity index (χ0) is 31.3. The lowest BCUT2D eigenvalue weighted by Gasteiger charge is -2.36. The van der Waals surface area contributed by atoms with E-state index in [1.807, 2.05) is 69.8 Å². The number of methoxy groups -OCH3 is 1. The first-order chi connectivity index (χ1) is 20.6. The number of nitrogens with zero attached hydrogens (tertiary/aromatic N) is 4. The van der Waals surface area contributed by atoms with Crippen molar-refractivity contribution in [2.24, 2.45) is 13.0 Å². The number of benzene rings is 2. The molecule has 1 aromatic heterocycles. The smallest absolute Gasteiger partial charge is 0.269 e. The van der Waals surface area contributed by atoms with Crippen LogP contribution in [-0.4, -0.2) is 80.1 Å². The first kappa shape index (κ1) is 32.1. The number of amides is 2. The summed E-state index contributed by atoms with van der Waals surface area (Å²) in [6, 6.07) is 13.8. The molecule has 3 aromatic rings. The number of nitrogens with one attached hydrogen (secondary N) is 1. The number of carbonyl (C=O) groups excluding carboxylic acids is 2. The summed E-state index contributed by atoms with van der Waals surface area (Å²) < 4.78 is 7.45. The zero-order valence-corrected chi connectivity index (χ0v) is 27.2. The van der Waals surface area contributed by atoms with E-state index in [1.165, 1.54) is 19.4 Å². The minimum absolute atomic E-state index is 0.0553. The van der Waals surface area contributed by atoms with Crippen LogP contribution in [0, 0.1) is 12.8 Å². The SMILES string of the molecule is CC.COc1cc(-c2cc(C(=O)N(C)C)n(C)c2)cc(C(C)NC(=O)c2cc(N3CCN(CC4CC4)CC3)ccc2C)c1. The van der Waals surface area contributed by atoms with Crippen molar-refractivity contribution in [1.82, 2.24) is 19.7 Å². The molecule has 0 radical (unpaired) electrons. The monoisotopic (exact) mass is 587 g/mol. The molecule has 0 spiro atoms. The van der Waals surface area contributed by atoms with Crippen LogP contribution in [0.5, 0.6) is 5.75 Å². The predicted octanol–water partition coefficient (Wildman–Crippen LogP) is 5.76. The minimum Gasteiger partial charge on any atom is -0.497 e. The number of anilines is 1. The maximum atomic E-state index is 13.5. The first-order valence-corrected chi connectivity index (χ1v) is 15.6. The number of aryl methyl sites for hydroxylation is 2. The van der Waals surface area contributed by atoms with Gasteiger partial charge in [0.25, 0.3) is 11.8 Å². The van der Waals surface area contributed by atoms with E-state index in [2.05, 4.69) is 33.3 Å². The van der Waals surface area contributed by atoms with Crippen molar-refractivity contribution in [2.75, 3.05) is 58.8 Å². The molecule has 232 valence electrons. The summed E-state index contributed by atoms with van der Waals surface area (Å²) in [6.07, 6.45) is 4.72. The van der Waals surface area contributed by atoms with Crippen LogP contribution < -0.4 is 15.0 Å². The number of carbonyl (C=O) groups is 2. The summed E-state index contributed by atoms with van der Waals surface area (Å²) >= 11 is 0. The fourth-order valence-electron chi connectivity index (χ4n) is 5.58.